The molecule has 0 radical (unpaired) electrons. The Kier molecular flexibility index (Phi) is 6.29. The Labute approximate surface area is 128 Å². The monoisotopic (exact) mass is 316 g/mol. The minimum absolute atomic E-state index is 0.0950. The van der Waals surface area contributed by atoms with Crippen molar-refractivity contribution < 1.29 is 9.90 Å². The van der Waals surface area contributed by atoms with Crippen LogP contribution in [0.25, 0.3) is 0 Å². The number of nitrogens with one attached hydrogen (secondary N) is 1. The standard InChI is InChI=1S/C14H21ClN2O2S/c15-12-5-9-20-13(12)14(19)16-6-3-8-17-7-2-1-4-11(17)10-18/h5,9,11,18H,1-4,6-8,10H2,(H,16,19)/t11-/m0/s1. The lowest BCUT2D eigenvalue weighted by Crippen LogP contribution is -2.43. The molecule has 1 aromatic rings. The first-order chi connectivity index (χ1) is 9.72. The van der Waals surface area contributed by atoms with Crippen LogP contribution < -0.4 is 5.32 Å². The van der Waals surface area contributed by atoms with Crippen molar-refractivity contribution in [2.45, 2.75) is 31.7 Å². The van der Waals surface area contributed by atoms with E-state index in [0.717, 1.165) is 25.9 Å². The lowest BCUT2D eigenvalue weighted by molar-refractivity contribution is 0.0869. The van der Waals surface area contributed by atoms with Crippen molar-refractivity contribution in [2.24, 2.45) is 0 Å². The van der Waals surface area contributed by atoms with Gasteiger partial charge in [0.15, 0.2) is 0 Å². The van der Waals surface area contributed by atoms with Gasteiger partial charge in [0.1, 0.15) is 4.88 Å². The number of likely N-dealkylation sites (tertiary alicyclic amines) is 1. The third-order valence-corrected chi connectivity index (χ3v) is 5.03. The number of amides is 1. The van der Waals surface area contributed by atoms with Crippen LogP contribution in [0.4, 0.5) is 0 Å². The Morgan fingerprint density at radius 2 is 2.40 bits per heavy atom. The van der Waals surface area contributed by atoms with E-state index in [0.29, 0.717) is 22.5 Å². The quantitative estimate of drug-likeness (QED) is 0.792. The maximum atomic E-state index is 11.9. The zero-order chi connectivity index (χ0) is 14.4. The maximum absolute atomic E-state index is 11.9. The second-order valence-electron chi connectivity index (χ2n) is 5.08. The van der Waals surface area contributed by atoms with Gasteiger partial charge in [0, 0.05) is 19.1 Å². The lowest BCUT2D eigenvalue weighted by atomic mass is 10.0. The van der Waals surface area contributed by atoms with Crippen LogP contribution in [-0.2, 0) is 0 Å². The molecule has 20 heavy (non-hydrogen) atoms. The summed E-state index contributed by atoms with van der Waals surface area (Å²) < 4.78 is 0. The number of carbonyl (C=O) groups is 1. The van der Waals surface area contributed by atoms with Gasteiger partial charge in [-0.25, -0.2) is 0 Å². The topological polar surface area (TPSA) is 52.6 Å². The Bertz CT molecular complexity index is 439. The van der Waals surface area contributed by atoms with Crippen LogP contribution >= 0.6 is 22.9 Å². The van der Waals surface area contributed by atoms with Crippen LogP contribution in [-0.4, -0.2) is 48.2 Å². The van der Waals surface area contributed by atoms with Crippen molar-refractivity contribution in [2.75, 3.05) is 26.2 Å². The summed E-state index contributed by atoms with van der Waals surface area (Å²) in [6, 6.07) is 2.03. The van der Waals surface area contributed by atoms with Gasteiger partial charge in [-0.05, 0) is 37.3 Å². The second-order valence-corrected chi connectivity index (χ2v) is 6.40. The molecule has 1 aliphatic rings. The van der Waals surface area contributed by atoms with E-state index < -0.39 is 0 Å². The number of carbonyl (C=O) groups excluding carboxylic acids is 1. The molecular formula is C14H21ClN2O2S. The number of rotatable bonds is 6. The van der Waals surface area contributed by atoms with E-state index in [1.54, 1.807) is 6.07 Å². The third kappa shape index (κ3) is 4.19. The van der Waals surface area contributed by atoms with Crippen molar-refractivity contribution in [3.8, 4) is 0 Å². The predicted octanol–water partition coefficient (Wildman–Crippen LogP) is 2.37. The summed E-state index contributed by atoms with van der Waals surface area (Å²) in [5.74, 6) is -0.0950. The number of hydrogen-bond acceptors (Lipinski definition) is 4. The fraction of sp³-hybridized carbons (Fsp3) is 0.643. The van der Waals surface area contributed by atoms with Gasteiger partial charge in [-0.2, -0.15) is 0 Å². The van der Waals surface area contributed by atoms with Crippen LogP contribution in [0.15, 0.2) is 11.4 Å². The number of hydrogen-bond donors (Lipinski definition) is 2. The van der Waals surface area contributed by atoms with Gasteiger partial charge in [0.25, 0.3) is 5.91 Å². The van der Waals surface area contributed by atoms with Gasteiger partial charge in [-0.3, -0.25) is 9.69 Å². The zero-order valence-electron chi connectivity index (χ0n) is 11.5. The number of nitrogens with zero attached hydrogens (tertiary/aromatic N) is 1. The normalized spacial score (nSPS) is 20.0. The molecule has 0 bridgehead atoms. The van der Waals surface area contributed by atoms with E-state index >= 15 is 0 Å². The first-order valence-corrected chi connectivity index (χ1v) is 8.34. The minimum Gasteiger partial charge on any atom is -0.395 e. The van der Waals surface area contributed by atoms with Crippen LogP contribution in [0.5, 0.6) is 0 Å². The summed E-state index contributed by atoms with van der Waals surface area (Å²) in [5, 5.41) is 14.6. The molecule has 4 nitrogen and oxygen atoms in total. The lowest BCUT2D eigenvalue weighted by Gasteiger charge is -2.34. The molecule has 1 saturated heterocycles. The molecule has 1 aromatic heterocycles. The molecular weight excluding hydrogens is 296 g/mol. The van der Waals surface area contributed by atoms with E-state index in [1.165, 1.54) is 24.2 Å². The molecule has 112 valence electrons. The average molecular weight is 317 g/mol. The molecule has 6 heteroatoms. The highest BCUT2D eigenvalue weighted by molar-refractivity contribution is 7.12. The van der Waals surface area contributed by atoms with Crippen LogP contribution in [0.2, 0.25) is 5.02 Å². The van der Waals surface area contributed by atoms with E-state index in [-0.39, 0.29) is 12.5 Å². The van der Waals surface area contributed by atoms with Crippen LogP contribution in [0.1, 0.15) is 35.4 Å². The summed E-state index contributed by atoms with van der Waals surface area (Å²) >= 11 is 7.28. The molecule has 0 aromatic carbocycles. The Hall–Kier alpha value is -0.620. The fourth-order valence-corrected chi connectivity index (χ4v) is 3.64. The van der Waals surface area contributed by atoms with Crippen molar-refractivity contribution >= 4 is 28.8 Å². The van der Waals surface area contributed by atoms with Gasteiger partial charge in [-0.1, -0.05) is 18.0 Å². The van der Waals surface area contributed by atoms with E-state index in [9.17, 15) is 9.90 Å². The molecule has 1 amide bonds. The summed E-state index contributed by atoms with van der Waals surface area (Å²) in [6.45, 7) is 2.85. The van der Waals surface area contributed by atoms with Crippen molar-refractivity contribution in [1.29, 1.82) is 0 Å². The molecule has 0 spiro atoms. The Balaban J connectivity index is 1.68. The van der Waals surface area contributed by atoms with Crippen molar-refractivity contribution in [3.05, 3.63) is 21.3 Å². The molecule has 2 rings (SSSR count). The summed E-state index contributed by atoms with van der Waals surface area (Å²) in [5.41, 5.74) is 0. The smallest absolute Gasteiger partial charge is 0.262 e. The second kappa shape index (κ2) is 7.98. The first kappa shape index (κ1) is 15.8. The molecule has 1 atom stereocenters. The van der Waals surface area contributed by atoms with Gasteiger partial charge < -0.3 is 10.4 Å². The minimum atomic E-state index is -0.0950. The largest absolute Gasteiger partial charge is 0.395 e. The molecule has 0 saturated carbocycles. The Morgan fingerprint density at radius 3 is 3.10 bits per heavy atom. The molecule has 0 aliphatic carbocycles. The molecule has 0 unspecified atom stereocenters. The Morgan fingerprint density at radius 1 is 1.55 bits per heavy atom. The van der Waals surface area contributed by atoms with Crippen LogP contribution in [0, 0.1) is 0 Å². The van der Waals surface area contributed by atoms with E-state index in [4.69, 9.17) is 11.6 Å². The highest BCUT2D eigenvalue weighted by Crippen LogP contribution is 2.21. The molecule has 2 heterocycles. The van der Waals surface area contributed by atoms with Gasteiger partial charge >= 0.3 is 0 Å². The summed E-state index contributed by atoms with van der Waals surface area (Å²) in [6.07, 6.45) is 4.38. The van der Waals surface area contributed by atoms with Gasteiger partial charge in [0.2, 0.25) is 0 Å². The van der Waals surface area contributed by atoms with E-state index in [1.807, 2.05) is 5.38 Å². The average Bonchev–Trinajstić information content (AvgIpc) is 2.90. The zero-order valence-corrected chi connectivity index (χ0v) is 13.1. The first-order valence-electron chi connectivity index (χ1n) is 7.08. The molecule has 2 N–H and O–H groups in total. The highest BCUT2D eigenvalue weighted by atomic mass is 35.5. The van der Waals surface area contributed by atoms with Crippen molar-refractivity contribution in [3.63, 3.8) is 0 Å². The number of aliphatic hydroxyl groups is 1. The highest BCUT2D eigenvalue weighted by Gasteiger charge is 2.20. The summed E-state index contributed by atoms with van der Waals surface area (Å²) in [4.78, 5) is 14.8. The van der Waals surface area contributed by atoms with Gasteiger partial charge in [-0.15, -0.1) is 11.3 Å². The summed E-state index contributed by atoms with van der Waals surface area (Å²) in [7, 11) is 0. The maximum Gasteiger partial charge on any atom is 0.262 e. The number of halogens is 1. The molecule has 1 aliphatic heterocycles. The van der Waals surface area contributed by atoms with Gasteiger partial charge in [0.05, 0.1) is 11.6 Å². The van der Waals surface area contributed by atoms with E-state index in [2.05, 4.69) is 10.2 Å². The SMILES string of the molecule is O=C(NCCCN1CCCC[C@H]1CO)c1sccc1Cl. The molecule has 1 fully saturated rings. The third-order valence-electron chi connectivity index (χ3n) is 3.69. The number of thiophene rings is 1. The van der Waals surface area contributed by atoms with Crippen molar-refractivity contribution in [1.82, 2.24) is 10.2 Å². The number of piperidine rings is 1. The van der Waals surface area contributed by atoms with Crippen LogP contribution in [0.3, 0.4) is 0 Å². The fourth-order valence-electron chi connectivity index (χ4n) is 2.58. The predicted molar refractivity (Wildman–Crippen MR) is 82.6 cm³/mol. The number of aliphatic hydroxyl groups excluding tert-OH is 1.